The number of nitrogens with one attached hydrogen (secondary N) is 1. The van der Waals surface area contributed by atoms with Gasteiger partial charge in [-0.3, -0.25) is 24.1 Å². The summed E-state index contributed by atoms with van der Waals surface area (Å²) in [4.78, 5) is 86.5. The molecule has 0 spiro atoms. The molecular weight excluding hydrogens is 686 g/mol. The van der Waals surface area contributed by atoms with Gasteiger partial charge < -0.3 is 50.0 Å². The minimum Gasteiger partial charge on any atom is -0.543 e. The number of thioether (sulfide) groups is 1. The highest BCUT2D eigenvalue weighted by Crippen LogP contribution is 2.40. The SMILES string of the molecule is CN(C)C(=O)c1cc(=O)c(O)cn1CC[N+](C)(C)CC1=C(C(=O)[O-])N2C(=O)[C@@H](NC(=O)C(=NOC(C)(C)C(=O)O)c3nsc(N)n3)[C@@H]2SC1. The third kappa shape index (κ3) is 7.84. The highest BCUT2D eigenvalue weighted by atomic mass is 32.2. The average Bonchev–Trinajstić information content (AvgIpc) is 3.44. The summed E-state index contributed by atoms with van der Waals surface area (Å²) < 4.78 is 5.55. The van der Waals surface area contributed by atoms with E-state index in [4.69, 9.17) is 10.6 Å². The van der Waals surface area contributed by atoms with Gasteiger partial charge in [0.2, 0.25) is 22.6 Å². The summed E-state index contributed by atoms with van der Waals surface area (Å²) >= 11 is 1.95. The number of amides is 3. The Morgan fingerprint density at radius 3 is 2.51 bits per heavy atom. The van der Waals surface area contributed by atoms with Crippen LogP contribution in [0.4, 0.5) is 5.13 Å². The van der Waals surface area contributed by atoms with Crippen molar-refractivity contribution in [3.05, 3.63) is 45.3 Å². The lowest BCUT2D eigenvalue weighted by Gasteiger charge is -2.51. The number of likely N-dealkylation sites (N-methyl/N-ethyl adjacent to an activating group) is 1. The van der Waals surface area contributed by atoms with Crippen LogP contribution in [0.1, 0.15) is 30.2 Å². The van der Waals surface area contributed by atoms with E-state index in [1.54, 1.807) is 14.1 Å². The highest BCUT2D eigenvalue weighted by Gasteiger charge is 2.53. The Morgan fingerprint density at radius 2 is 1.94 bits per heavy atom. The van der Waals surface area contributed by atoms with Gasteiger partial charge in [-0.05, 0) is 13.8 Å². The normalized spacial score (nSPS) is 18.0. The molecule has 49 heavy (non-hydrogen) atoms. The van der Waals surface area contributed by atoms with Crippen molar-refractivity contribution in [3.63, 3.8) is 0 Å². The van der Waals surface area contributed by atoms with Crippen LogP contribution >= 0.6 is 23.3 Å². The topological polar surface area (TPSA) is 263 Å². The number of β-lactam (4-membered cyclic amide) rings is 1. The predicted octanol–water partition coefficient (Wildman–Crippen LogP) is -2.55. The second-order valence-electron chi connectivity index (χ2n) is 12.5. The lowest BCUT2D eigenvalue weighted by Crippen LogP contribution is -2.71. The number of pyridine rings is 1. The Labute approximate surface area is 287 Å². The number of nitrogens with zero attached hydrogens (tertiary/aromatic N) is 7. The van der Waals surface area contributed by atoms with Gasteiger partial charge in [0, 0.05) is 43.0 Å². The van der Waals surface area contributed by atoms with Crippen molar-refractivity contribution in [3.8, 4) is 5.75 Å². The third-order valence-electron chi connectivity index (χ3n) is 7.57. The molecule has 1 fully saturated rings. The zero-order valence-corrected chi connectivity index (χ0v) is 29.0. The van der Waals surface area contributed by atoms with Crippen LogP contribution in [0.3, 0.4) is 0 Å². The fourth-order valence-corrected chi connectivity index (χ4v) is 6.62. The van der Waals surface area contributed by atoms with Crippen molar-refractivity contribution in [2.24, 2.45) is 5.16 Å². The first-order chi connectivity index (χ1) is 22.7. The van der Waals surface area contributed by atoms with Gasteiger partial charge in [-0.15, -0.1) is 11.8 Å². The molecule has 0 aliphatic carbocycles. The molecule has 5 N–H and O–H groups in total. The lowest BCUT2D eigenvalue weighted by molar-refractivity contribution is -0.886. The van der Waals surface area contributed by atoms with E-state index < -0.39 is 63.6 Å². The fraction of sp³-hybridized carbons (Fsp3) is 0.464. The molecule has 4 heterocycles. The first-order valence-corrected chi connectivity index (χ1v) is 16.3. The van der Waals surface area contributed by atoms with Crippen molar-refractivity contribution < 1.29 is 48.6 Å². The van der Waals surface area contributed by atoms with Gasteiger partial charge in [0.1, 0.15) is 23.7 Å². The number of nitrogen functional groups attached to an aromatic ring is 1. The van der Waals surface area contributed by atoms with Gasteiger partial charge in [0.05, 0.1) is 45.0 Å². The second kappa shape index (κ2) is 13.8. The van der Waals surface area contributed by atoms with Gasteiger partial charge in [0.25, 0.3) is 17.7 Å². The van der Waals surface area contributed by atoms with E-state index in [9.17, 15) is 44.1 Å². The van der Waals surface area contributed by atoms with Crippen LogP contribution in [0.5, 0.6) is 5.75 Å². The number of aliphatic carboxylic acids is 2. The summed E-state index contributed by atoms with van der Waals surface area (Å²) in [6, 6.07) is -0.135. The Morgan fingerprint density at radius 1 is 1.27 bits per heavy atom. The van der Waals surface area contributed by atoms with Gasteiger partial charge in [0.15, 0.2) is 10.9 Å². The molecule has 0 unspecified atom stereocenters. The van der Waals surface area contributed by atoms with Crippen LogP contribution in [0.15, 0.2) is 33.5 Å². The van der Waals surface area contributed by atoms with Crippen LogP contribution in [0, 0.1) is 0 Å². The van der Waals surface area contributed by atoms with E-state index in [-0.39, 0.29) is 45.7 Å². The molecule has 2 aliphatic rings. The number of carbonyl (C=O) groups excluding carboxylic acids is 4. The Balaban J connectivity index is 1.52. The molecule has 0 bridgehead atoms. The summed E-state index contributed by atoms with van der Waals surface area (Å²) in [6.45, 7) is 3.04. The summed E-state index contributed by atoms with van der Waals surface area (Å²) in [5, 5.41) is 37.1. The minimum atomic E-state index is -1.83. The summed E-state index contributed by atoms with van der Waals surface area (Å²) in [6.07, 6.45) is 1.17. The number of oxime groups is 1. The van der Waals surface area contributed by atoms with E-state index in [1.165, 1.54) is 55.4 Å². The number of carboxylic acid groups (broad SMARTS) is 2. The van der Waals surface area contributed by atoms with Crippen molar-refractivity contribution in [1.29, 1.82) is 0 Å². The molecule has 264 valence electrons. The quantitative estimate of drug-likeness (QED) is 0.0719. The van der Waals surface area contributed by atoms with E-state index in [2.05, 4.69) is 19.8 Å². The first-order valence-electron chi connectivity index (χ1n) is 14.5. The van der Waals surface area contributed by atoms with Gasteiger partial charge in [-0.25, -0.2) is 4.79 Å². The maximum Gasteiger partial charge on any atom is 0.350 e. The van der Waals surface area contributed by atoms with E-state index in [0.29, 0.717) is 12.1 Å². The molecule has 2 aromatic heterocycles. The van der Waals surface area contributed by atoms with Crippen molar-refractivity contribution in [2.75, 3.05) is 52.8 Å². The predicted molar refractivity (Wildman–Crippen MR) is 173 cm³/mol. The van der Waals surface area contributed by atoms with Gasteiger partial charge in [-0.2, -0.15) is 9.36 Å². The number of nitrogens with two attached hydrogens (primary N) is 1. The Hall–Kier alpha value is -5.02. The van der Waals surface area contributed by atoms with Gasteiger partial charge in [-0.1, -0.05) is 5.16 Å². The zero-order chi connectivity index (χ0) is 36.6. The van der Waals surface area contributed by atoms with Crippen LogP contribution in [-0.2, 0) is 30.6 Å². The zero-order valence-electron chi connectivity index (χ0n) is 27.3. The number of hydrogen-bond donors (Lipinski definition) is 4. The Bertz CT molecular complexity index is 1830. The molecule has 2 atom stereocenters. The summed E-state index contributed by atoms with van der Waals surface area (Å²) in [7, 11) is 6.66. The number of anilines is 1. The van der Waals surface area contributed by atoms with Crippen LogP contribution < -0.4 is 21.6 Å². The van der Waals surface area contributed by atoms with Crippen LogP contribution in [0.2, 0.25) is 0 Å². The second-order valence-corrected chi connectivity index (χ2v) is 14.4. The molecule has 0 saturated carbocycles. The number of quaternary nitrogens is 1. The van der Waals surface area contributed by atoms with Crippen molar-refractivity contribution >= 4 is 63.8 Å². The largest absolute Gasteiger partial charge is 0.543 e. The molecular formula is C28H35N9O10S2. The molecule has 4 rings (SSSR count). The van der Waals surface area contributed by atoms with E-state index in [1.807, 2.05) is 0 Å². The average molecular weight is 722 g/mol. The smallest absolute Gasteiger partial charge is 0.350 e. The summed E-state index contributed by atoms with van der Waals surface area (Å²) in [5.74, 6) is -5.76. The standard InChI is InChI=1S/C28H35N9O10S2/c1-28(2,26(45)46)47-32-17(20-31-27(29)49-33-20)21(40)30-18-23(42)36-19(25(43)44)13(12-48-24(18)36)11-37(5,6)8-7-35-10-16(39)15(38)9-14(35)22(41)34(3)4/h9-10,18,24H,7-8,11-12H2,1-6H3,(H5-,29,30,31,33,39,40,43,44,45,46)/t18-,24+/m1/s1. The van der Waals surface area contributed by atoms with E-state index in [0.717, 1.165) is 22.5 Å². The maximum atomic E-state index is 13.3. The molecule has 3 amide bonds. The number of rotatable bonds is 13. The number of aromatic hydroxyl groups is 1. The van der Waals surface area contributed by atoms with E-state index >= 15 is 0 Å². The molecule has 2 aliphatic heterocycles. The maximum absolute atomic E-state index is 13.3. The minimum absolute atomic E-state index is 0.0149. The van der Waals surface area contributed by atoms with Crippen molar-refractivity contribution in [1.82, 2.24) is 29.0 Å². The van der Waals surface area contributed by atoms with Crippen LogP contribution in [0.25, 0.3) is 0 Å². The number of fused-ring (bicyclic) bond motifs is 1. The third-order valence-corrected chi connectivity index (χ3v) is 9.46. The molecule has 19 nitrogen and oxygen atoms in total. The number of carboxylic acids is 2. The van der Waals surface area contributed by atoms with Gasteiger partial charge >= 0.3 is 5.97 Å². The summed E-state index contributed by atoms with van der Waals surface area (Å²) in [5.41, 5.74) is 2.69. The van der Waals surface area contributed by atoms with Crippen molar-refractivity contribution in [2.45, 2.75) is 37.4 Å². The molecule has 2 aromatic rings. The lowest BCUT2D eigenvalue weighted by atomic mass is 10.0. The number of carbonyl (C=O) groups is 5. The Kier molecular flexibility index (Phi) is 10.4. The van der Waals surface area contributed by atoms with Crippen LogP contribution in [-0.4, -0.2) is 138 Å². The highest BCUT2D eigenvalue weighted by molar-refractivity contribution is 8.00. The number of hydrogen-bond acceptors (Lipinski definition) is 15. The fourth-order valence-electron chi connectivity index (χ4n) is 4.85. The number of aromatic nitrogens is 3. The molecule has 21 heteroatoms. The molecule has 0 aromatic carbocycles. The molecule has 1 saturated heterocycles. The first kappa shape index (κ1) is 36.8. The monoisotopic (exact) mass is 721 g/mol. The molecule has 0 radical (unpaired) electrons.